The highest BCUT2D eigenvalue weighted by atomic mass is 35.5. The van der Waals surface area contributed by atoms with Gasteiger partial charge in [-0.3, -0.25) is 4.79 Å². The molecule has 2 heterocycles. The molecule has 1 saturated heterocycles. The number of piperidine rings is 1. The van der Waals surface area contributed by atoms with Crippen molar-refractivity contribution in [2.24, 2.45) is 5.92 Å². The molecule has 2 aromatic rings. The Morgan fingerprint density at radius 2 is 1.76 bits per heavy atom. The summed E-state index contributed by atoms with van der Waals surface area (Å²) in [5.74, 6) is 2.54. The van der Waals surface area contributed by atoms with Crippen LogP contribution in [0.3, 0.4) is 0 Å². The lowest BCUT2D eigenvalue weighted by atomic mass is 10.0. The van der Waals surface area contributed by atoms with Crippen molar-refractivity contribution >= 4 is 29.3 Å². The first-order valence-electron chi connectivity index (χ1n) is 12.9. The predicted octanol–water partition coefficient (Wildman–Crippen LogP) is 6.11. The van der Waals surface area contributed by atoms with Crippen molar-refractivity contribution in [1.29, 1.82) is 0 Å². The number of halogens is 1. The summed E-state index contributed by atoms with van der Waals surface area (Å²) in [4.78, 5) is 23.3. The second kappa shape index (κ2) is 11.2. The zero-order chi connectivity index (χ0) is 22.8. The second-order valence-electron chi connectivity index (χ2n) is 10.6. The van der Waals surface area contributed by atoms with Crippen molar-refractivity contribution in [3.63, 3.8) is 0 Å². The van der Waals surface area contributed by atoms with Gasteiger partial charge in [0.15, 0.2) is 0 Å². The Labute approximate surface area is 206 Å². The number of amides is 1. The molecule has 1 saturated carbocycles. The monoisotopic (exact) mass is 474 g/mol. The molecule has 1 aliphatic heterocycles. The fourth-order valence-electron chi connectivity index (χ4n) is 5.78. The number of carbonyl (C=O) groups is 1. The third kappa shape index (κ3) is 5.57. The van der Waals surface area contributed by atoms with Crippen LogP contribution in [0.4, 0.5) is 0 Å². The van der Waals surface area contributed by atoms with Crippen molar-refractivity contribution in [2.45, 2.75) is 97.7 Å². The van der Waals surface area contributed by atoms with Gasteiger partial charge in [-0.2, -0.15) is 0 Å². The molecule has 2 aliphatic rings. The fourth-order valence-corrected chi connectivity index (χ4v) is 5.78. The van der Waals surface area contributed by atoms with Gasteiger partial charge in [-0.15, -0.1) is 12.4 Å². The van der Waals surface area contributed by atoms with Crippen molar-refractivity contribution < 1.29 is 4.79 Å². The molecule has 0 bridgehead atoms. The van der Waals surface area contributed by atoms with Gasteiger partial charge < -0.3 is 14.4 Å². The molecule has 33 heavy (non-hydrogen) atoms. The molecule has 5 nitrogen and oxygen atoms in total. The first kappa shape index (κ1) is 26.0. The zero-order valence-electron chi connectivity index (χ0n) is 21.2. The molecule has 2 fully saturated rings. The smallest absolute Gasteiger partial charge is 0.254 e. The summed E-state index contributed by atoms with van der Waals surface area (Å²) in [5, 5.41) is 0. The number of benzene rings is 1. The lowest BCUT2D eigenvalue weighted by Crippen LogP contribution is -2.48. The van der Waals surface area contributed by atoms with Gasteiger partial charge in [0.2, 0.25) is 0 Å². The number of fused-ring (bicyclic) bond motifs is 1. The van der Waals surface area contributed by atoms with Gasteiger partial charge in [-0.1, -0.05) is 26.7 Å². The minimum atomic E-state index is 0. The third-order valence-electron chi connectivity index (χ3n) is 7.56. The molecule has 0 spiro atoms. The first-order valence-corrected chi connectivity index (χ1v) is 12.9. The van der Waals surface area contributed by atoms with Gasteiger partial charge >= 0.3 is 0 Å². The number of carbonyl (C=O) groups excluding carboxylic acids is 1. The van der Waals surface area contributed by atoms with E-state index < -0.39 is 0 Å². The van der Waals surface area contributed by atoms with Gasteiger partial charge in [0.25, 0.3) is 5.91 Å². The molecule has 0 unspecified atom stereocenters. The number of imidazole rings is 1. The molecule has 0 N–H and O–H groups in total. The maximum absolute atomic E-state index is 13.5. The lowest BCUT2D eigenvalue weighted by Gasteiger charge is -2.39. The van der Waals surface area contributed by atoms with E-state index in [2.05, 4.69) is 61.1 Å². The maximum atomic E-state index is 13.5. The summed E-state index contributed by atoms with van der Waals surface area (Å²) < 4.78 is 2.43. The Balaban J connectivity index is 0.00000306. The van der Waals surface area contributed by atoms with E-state index in [4.69, 9.17) is 4.98 Å². The molecule has 6 heteroatoms. The molecule has 0 atom stereocenters. The molecule has 0 radical (unpaired) electrons. The molecular weight excluding hydrogens is 432 g/mol. The second-order valence-corrected chi connectivity index (χ2v) is 10.6. The number of likely N-dealkylation sites (tertiary alicyclic amines) is 1. The van der Waals surface area contributed by atoms with Crippen molar-refractivity contribution in [1.82, 2.24) is 19.4 Å². The Morgan fingerprint density at radius 3 is 2.33 bits per heavy atom. The van der Waals surface area contributed by atoms with E-state index in [-0.39, 0.29) is 18.3 Å². The van der Waals surface area contributed by atoms with Crippen LogP contribution in [0.5, 0.6) is 0 Å². The molecule has 1 aliphatic carbocycles. The van der Waals surface area contributed by atoms with E-state index in [1.165, 1.54) is 37.0 Å². The number of rotatable bonds is 7. The molecule has 4 rings (SSSR count). The summed E-state index contributed by atoms with van der Waals surface area (Å²) in [6.45, 7) is 15.1. The summed E-state index contributed by atoms with van der Waals surface area (Å²) in [5.41, 5.74) is 2.97. The predicted molar refractivity (Wildman–Crippen MR) is 139 cm³/mol. The quantitative estimate of drug-likeness (QED) is 0.486. The standard InChI is InChI=1S/C27H42N4O.ClH/c1-6-30(23-13-15-29(16-14-23)20(4)5)27(32)22-11-12-25-24(17-22)28-26(21-9-7-8-10-21)31(25)18-19(2)3;/h11-12,17,19-21,23H,6-10,13-16,18H2,1-5H3;1H. The minimum absolute atomic E-state index is 0. The summed E-state index contributed by atoms with van der Waals surface area (Å²) in [6.07, 6.45) is 7.22. The van der Waals surface area contributed by atoms with Crippen LogP contribution in [0.25, 0.3) is 11.0 Å². The molecule has 1 amide bonds. The van der Waals surface area contributed by atoms with E-state index in [0.29, 0.717) is 23.9 Å². The minimum Gasteiger partial charge on any atom is -0.336 e. The Hall–Kier alpha value is -1.59. The molecular formula is C27H43ClN4O. The summed E-state index contributed by atoms with van der Waals surface area (Å²) >= 11 is 0. The highest BCUT2D eigenvalue weighted by Gasteiger charge is 2.29. The zero-order valence-corrected chi connectivity index (χ0v) is 22.0. The van der Waals surface area contributed by atoms with E-state index in [0.717, 1.165) is 50.1 Å². The average Bonchev–Trinajstić information content (AvgIpc) is 3.42. The Morgan fingerprint density at radius 1 is 1.09 bits per heavy atom. The van der Waals surface area contributed by atoms with E-state index in [1.54, 1.807) is 0 Å². The topological polar surface area (TPSA) is 41.4 Å². The Bertz CT molecular complexity index is 924. The summed E-state index contributed by atoms with van der Waals surface area (Å²) in [6, 6.07) is 7.16. The third-order valence-corrected chi connectivity index (χ3v) is 7.56. The van der Waals surface area contributed by atoms with Gasteiger partial charge in [-0.25, -0.2) is 4.98 Å². The first-order chi connectivity index (χ1) is 15.4. The van der Waals surface area contributed by atoms with Crippen LogP contribution in [0.15, 0.2) is 18.2 Å². The SMILES string of the molecule is CCN(C(=O)c1ccc2c(c1)nc(C1CCCC1)n2CC(C)C)C1CCN(C(C)C)CC1.Cl. The van der Waals surface area contributed by atoms with Crippen LogP contribution in [0.1, 0.15) is 95.2 Å². The van der Waals surface area contributed by atoms with E-state index >= 15 is 0 Å². The molecule has 1 aromatic heterocycles. The normalized spacial score (nSPS) is 18.4. The van der Waals surface area contributed by atoms with Crippen LogP contribution in [0.2, 0.25) is 0 Å². The lowest BCUT2D eigenvalue weighted by molar-refractivity contribution is 0.0558. The van der Waals surface area contributed by atoms with Crippen molar-refractivity contribution in [2.75, 3.05) is 19.6 Å². The van der Waals surface area contributed by atoms with Gasteiger partial charge in [0, 0.05) is 49.7 Å². The maximum Gasteiger partial charge on any atom is 0.254 e. The number of nitrogens with zero attached hydrogens (tertiary/aromatic N) is 4. The van der Waals surface area contributed by atoms with Crippen LogP contribution >= 0.6 is 12.4 Å². The van der Waals surface area contributed by atoms with Gasteiger partial charge in [0.05, 0.1) is 11.0 Å². The van der Waals surface area contributed by atoms with Crippen LogP contribution < -0.4 is 0 Å². The van der Waals surface area contributed by atoms with E-state index in [9.17, 15) is 4.79 Å². The highest BCUT2D eigenvalue weighted by molar-refractivity contribution is 5.97. The fraction of sp³-hybridized carbons (Fsp3) is 0.704. The Kier molecular flexibility index (Phi) is 8.85. The molecule has 184 valence electrons. The van der Waals surface area contributed by atoms with Crippen LogP contribution in [-0.4, -0.2) is 57.0 Å². The van der Waals surface area contributed by atoms with E-state index in [1.807, 2.05) is 6.07 Å². The van der Waals surface area contributed by atoms with Crippen molar-refractivity contribution in [3.8, 4) is 0 Å². The molecule has 1 aromatic carbocycles. The number of hydrogen-bond acceptors (Lipinski definition) is 3. The van der Waals surface area contributed by atoms with Crippen LogP contribution in [0, 0.1) is 5.92 Å². The van der Waals surface area contributed by atoms with Gasteiger partial charge in [-0.05, 0) is 70.6 Å². The van der Waals surface area contributed by atoms with Gasteiger partial charge in [0.1, 0.15) is 5.82 Å². The van der Waals surface area contributed by atoms with Crippen LogP contribution in [-0.2, 0) is 6.54 Å². The summed E-state index contributed by atoms with van der Waals surface area (Å²) in [7, 11) is 0. The van der Waals surface area contributed by atoms with Crippen molar-refractivity contribution in [3.05, 3.63) is 29.6 Å². The largest absolute Gasteiger partial charge is 0.336 e. The number of hydrogen-bond donors (Lipinski definition) is 0. The highest BCUT2D eigenvalue weighted by Crippen LogP contribution is 2.36. The number of aromatic nitrogens is 2. The average molecular weight is 475 g/mol.